The van der Waals surface area contributed by atoms with E-state index in [4.69, 9.17) is 0 Å². The number of rotatable bonds is 3. The van der Waals surface area contributed by atoms with E-state index in [1.54, 1.807) is 15.6 Å². The van der Waals surface area contributed by atoms with E-state index in [9.17, 15) is 9.59 Å². The molecule has 3 saturated heterocycles. The highest BCUT2D eigenvalue weighted by atomic mass is 16.2. The molecule has 0 aliphatic carbocycles. The molecule has 28 heavy (non-hydrogen) atoms. The van der Waals surface area contributed by atoms with Crippen LogP contribution < -0.4 is 10.2 Å². The van der Waals surface area contributed by atoms with Gasteiger partial charge in [-0.25, -0.2) is 9.31 Å². The van der Waals surface area contributed by atoms with Crippen molar-refractivity contribution >= 4 is 23.1 Å². The molecule has 3 amide bonds. The fraction of sp³-hybridized carbons (Fsp3) is 0.550. The molecule has 0 saturated carbocycles. The van der Waals surface area contributed by atoms with Crippen molar-refractivity contribution in [2.24, 2.45) is 0 Å². The van der Waals surface area contributed by atoms with Crippen LogP contribution in [0.15, 0.2) is 24.5 Å². The molecule has 2 aromatic rings. The highest BCUT2D eigenvalue weighted by Gasteiger charge is 2.29. The van der Waals surface area contributed by atoms with E-state index in [1.807, 2.05) is 6.20 Å². The Hall–Kier alpha value is -2.45. The third kappa shape index (κ3) is 3.27. The minimum Gasteiger partial charge on any atom is -0.298 e. The average molecular weight is 382 g/mol. The number of imide groups is 1. The summed E-state index contributed by atoms with van der Waals surface area (Å²) in [7, 11) is 0. The highest BCUT2D eigenvalue weighted by Crippen LogP contribution is 2.26. The molecule has 3 fully saturated rings. The van der Waals surface area contributed by atoms with Gasteiger partial charge in [-0.05, 0) is 37.1 Å². The molecular weight excluding hydrogens is 356 g/mol. The minimum atomic E-state index is -0.370. The van der Waals surface area contributed by atoms with Gasteiger partial charge in [-0.2, -0.15) is 5.10 Å². The molecule has 2 aromatic heterocycles. The van der Waals surface area contributed by atoms with Crippen LogP contribution in [0.5, 0.6) is 0 Å². The third-order valence-corrected chi connectivity index (χ3v) is 6.24. The lowest BCUT2D eigenvalue weighted by Crippen LogP contribution is -2.54. The van der Waals surface area contributed by atoms with Crippen molar-refractivity contribution in [2.75, 3.05) is 37.6 Å². The number of piperazine rings is 1. The molecule has 0 spiro atoms. The number of urea groups is 1. The Morgan fingerprint density at radius 1 is 1.14 bits per heavy atom. The highest BCUT2D eigenvalue weighted by molar-refractivity contribution is 6.07. The lowest BCUT2D eigenvalue weighted by Gasteiger charge is -2.44. The van der Waals surface area contributed by atoms with Crippen molar-refractivity contribution in [3.8, 4) is 0 Å². The summed E-state index contributed by atoms with van der Waals surface area (Å²) in [5, 5.41) is 6.77. The molecule has 5 rings (SSSR count). The lowest BCUT2D eigenvalue weighted by molar-refractivity contribution is -0.120. The van der Waals surface area contributed by atoms with Crippen molar-refractivity contribution in [2.45, 2.75) is 38.3 Å². The predicted molar refractivity (Wildman–Crippen MR) is 105 cm³/mol. The van der Waals surface area contributed by atoms with Crippen molar-refractivity contribution in [3.63, 3.8) is 0 Å². The number of nitrogens with zero attached hydrogens (tertiary/aromatic N) is 5. The first kappa shape index (κ1) is 17.6. The first-order chi connectivity index (χ1) is 13.7. The number of aromatic nitrogens is 2. The number of amides is 3. The molecule has 1 N–H and O–H groups in total. The van der Waals surface area contributed by atoms with Gasteiger partial charge in [0.2, 0.25) is 5.91 Å². The molecule has 0 aromatic carbocycles. The number of anilines is 1. The molecule has 148 valence electrons. The van der Waals surface area contributed by atoms with E-state index in [-0.39, 0.29) is 11.9 Å². The van der Waals surface area contributed by atoms with Gasteiger partial charge in [0.05, 0.1) is 17.4 Å². The van der Waals surface area contributed by atoms with Crippen LogP contribution in [0.25, 0.3) is 5.52 Å². The van der Waals surface area contributed by atoms with Gasteiger partial charge in [-0.3, -0.25) is 24.8 Å². The van der Waals surface area contributed by atoms with E-state index in [0.29, 0.717) is 19.0 Å². The monoisotopic (exact) mass is 382 g/mol. The maximum atomic E-state index is 12.2. The number of nitrogens with one attached hydrogen (secondary N) is 1. The number of fused-ring (bicyclic) bond motifs is 2. The Balaban J connectivity index is 1.35. The Morgan fingerprint density at radius 3 is 2.96 bits per heavy atom. The maximum Gasteiger partial charge on any atom is 0.328 e. The standard InChI is InChI=1S/C20H26N6O2/c27-19-5-7-25(20(28)22-19)18-12-21-26-8-4-15(11-17(18)26)13-23-9-10-24-6-2-1-3-16(24)14-23/h4,8,11-12,16H,1-3,5-7,9-10,13-14H2,(H,22,27,28)/t16-/m1/s1. The fourth-order valence-corrected chi connectivity index (χ4v) is 4.73. The van der Waals surface area contributed by atoms with Crippen LogP contribution in [0.1, 0.15) is 31.2 Å². The zero-order valence-corrected chi connectivity index (χ0v) is 16.0. The van der Waals surface area contributed by atoms with Gasteiger partial charge in [-0.15, -0.1) is 0 Å². The second-order valence-electron chi connectivity index (χ2n) is 8.07. The van der Waals surface area contributed by atoms with Crippen LogP contribution in [-0.4, -0.2) is 70.1 Å². The summed E-state index contributed by atoms with van der Waals surface area (Å²) < 4.78 is 1.79. The van der Waals surface area contributed by atoms with Gasteiger partial charge in [0.1, 0.15) is 0 Å². The van der Waals surface area contributed by atoms with Crippen LogP contribution >= 0.6 is 0 Å². The molecule has 8 heteroatoms. The number of carbonyl (C=O) groups is 2. The zero-order valence-electron chi connectivity index (χ0n) is 16.0. The summed E-state index contributed by atoms with van der Waals surface area (Å²) in [4.78, 5) is 30.5. The van der Waals surface area contributed by atoms with Crippen molar-refractivity contribution in [3.05, 3.63) is 30.1 Å². The summed E-state index contributed by atoms with van der Waals surface area (Å²) in [5.74, 6) is -0.222. The second kappa shape index (κ2) is 7.18. The van der Waals surface area contributed by atoms with E-state index < -0.39 is 0 Å². The Kier molecular flexibility index (Phi) is 4.52. The van der Waals surface area contributed by atoms with Crippen LogP contribution in [0.3, 0.4) is 0 Å². The Morgan fingerprint density at radius 2 is 2.07 bits per heavy atom. The fourth-order valence-electron chi connectivity index (χ4n) is 4.73. The van der Waals surface area contributed by atoms with Crippen LogP contribution in [0.4, 0.5) is 10.5 Å². The van der Waals surface area contributed by atoms with Gasteiger partial charge < -0.3 is 0 Å². The molecule has 8 nitrogen and oxygen atoms in total. The Bertz CT molecular complexity index is 909. The average Bonchev–Trinajstić information content (AvgIpc) is 3.11. The van der Waals surface area contributed by atoms with Crippen molar-refractivity contribution in [1.82, 2.24) is 24.7 Å². The summed E-state index contributed by atoms with van der Waals surface area (Å²) in [6, 6.07) is 4.56. The van der Waals surface area contributed by atoms with E-state index in [0.717, 1.165) is 37.4 Å². The molecule has 1 atom stereocenters. The molecule has 0 unspecified atom stereocenters. The SMILES string of the molecule is O=C1CCN(c2cnn3ccc(CN4CCN5CCCC[C@@H]5C4)cc23)C(=O)N1. The van der Waals surface area contributed by atoms with E-state index in [2.05, 4.69) is 32.3 Å². The predicted octanol–water partition coefficient (Wildman–Crippen LogP) is 1.45. The molecule has 0 bridgehead atoms. The van der Waals surface area contributed by atoms with Crippen molar-refractivity contribution < 1.29 is 9.59 Å². The van der Waals surface area contributed by atoms with E-state index in [1.165, 1.54) is 31.4 Å². The normalized spacial score (nSPS) is 24.4. The molecule has 3 aliphatic heterocycles. The number of pyridine rings is 1. The lowest BCUT2D eigenvalue weighted by atomic mass is 9.99. The third-order valence-electron chi connectivity index (χ3n) is 6.24. The summed E-state index contributed by atoms with van der Waals surface area (Å²) in [6.07, 6.45) is 7.97. The van der Waals surface area contributed by atoms with Gasteiger partial charge in [-0.1, -0.05) is 6.42 Å². The topological polar surface area (TPSA) is 73.2 Å². The molecule has 0 radical (unpaired) electrons. The Labute approximate surface area is 164 Å². The smallest absolute Gasteiger partial charge is 0.298 e. The van der Waals surface area contributed by atoms with Gasteiger partial charge >= 0.3 is 6.03 Å². The zero-order chi connectivity index (χ0) is 19.1. The number of piperidine rings is 1. The number of hydrogen-bond acceptors (Lipinski definition) is 5. The van der Waals surface area contributed by atoms with Crippen LogP contribution in [0, 0.1) is 0 Å². The molecule has 5 heterocycles. The largest absolute Gasteiger partial charge is 0.328 e. The summed E-state index contributed by atoms with van der Waals surface area (Å²) >= 11 is 0. The first-order valence-electron chi connectivity index (χ1n) is 10.2. The quantitative estimate of drug-likeness (QED) is 0.870. The number of carbonyl (C=O) groups excluding carboxylic acids is 2. The van der Waals surface area contributed by atoms with Gasteiger partial charge in [0.25, 0.3) is 0 Å². The first-order valence-corrected chi connectivity index (χ1v) is 10.2. The van der Waals surface area contributed by atoms with Crippen LogP contribution in [0.2, 0.25) is 0 Å². The van der Waals surface area contributed by atoms with Gasteiger partial charge in [0, 0.05) is 51.4 Å². The van der Waals surface area contributed by atoms with E-state index >= 15 is 0 Å². The maximum absolute atomic E-state index is 12.2. The molecule has 3 aliphatic rings. The van der Waals surface area contributed by atoms with Crippen molar-refractivity contribution in [1.29, 1.82) is 0 Å². The number of hydrogen-bond donors (Lipinski definition) is 1. The summed E-state index contributed by atoms with van der Waals surface area (Å²) in [5.41, 5.74) is 2.88. The summed E-state index contributed by atoms with van der Waals surface area (Å²) in [6.45, 7) is 5.95. The second-order valence-corrected chi connectivity index (χ2v) is 8.07. The minimum absolute atomic E-state index is 0.222. The van der Waals surface area contributed by atoms with Gasteiger partial charge in [0.15, 0.2) is 0 Å². The van der Waals surface area contributed by atoms with Crippen LogP contribution in [-0.2, 0) is 11.3 Å². The molecular formula is C20H26N6O2.